The SMILES string of the molecule is CC(=O)NCCCCC(NC(=O)C(C[C@@H]1C=CC(C(F)(F)O[P+](=O)O)=CC1)NC(C)=O)C(N)=O. The number of hydrogen-bond acceptors (Lipinski definition) is 6. The Morgan fingerprint density at radius 2 is 1.88 bits per heavy atom. The first kappa shape index (κ1) is 29.3. The van der Waals surface area contributed by atoms with Gasteiger partial charge in [0.05, 0.1) is 5.57 Å². The second-order valence-corrected chi connectivity index (χ2v) is 8.45. The van der Waals surface area contributed by atoms with Gasteiger partial charge in [0, 0.05) is 25.0 Å². The molecular weight excluding hydrogens is 477 g/mol. The third-order valence-electron chi connectivity index (χ3n) is 4.90. The van der Waals surface area contributed by atoms with Gasteiger partial charge in [0.25, 0.3) is 0 Å². The summed E-state index contributed by atoms with van der Waals surface area (Å²) in [5.41, 5.74) is 4.77. The van der Waals surface area contributed by atoms with E-state index in [1.54, 1.807) is 0 Å². The fraction of sp³-hybridized carbons (Fsp3) is 0.600. The molecule has 0 saturated carbocycles. The van der Waals surface area contributed by atoms with Gasteiger partial charge in [0.15, 0.2) is 0 Å². The summed E-state index contributed by atoms with van der Waals surface area (Å²) in [7, 11) is -3.51. The lowest BCUT2D eigenvalue weighted by atomic mass is 9.90. The second kappa shape index (κ2) is 13.8. The van der Waals surface area contributed by atoms with E-state index < -0.39 is 55.7 Å². The van der Waals surface area contributed by atoms with E-state index in [4.69, 9.17) is 10.6 Å². The lowest BCUT2D eigenvalue weighted by molar-refractivity contribution is -0.140. The maximum atomic E-state index is 13.8. The Bertz CT molecular complexity index is 851. The van der Waals surface area contributed by atoms with Gasteiger partial charge in [0.1, 0.15) is 12.1 Å². The number of nitrogens with one attached hydrogen (secondary N) is 3. The fourth-order valence-electron chi connectivity index (χ4n) is 3.28. The van der Waals surface area contributed by atoms with Gasteiger partial charge in [-0.05, 0) is 42.5 Å². The van der Waals surface area contributed by atoms with Crippen LogP contribution in [0, 0.1) is 5.92 Å². The first-order valence-corrected chi connectivity index (χ1v) is 11.7. The van der Waals surface area contributed by atoms with Crippen LogP contribution in [0.25, 0.3) is 0 Å². The minimum atomic E-state index is -3.95. The third-order valence-corrected chi connectivity index (χ3v) is 5.29. The van der Waals surface area contributed by atoms with Gasteiger partial charge >= 0.3 is 14.4 Å². The van der Waals surface area contributed by atoms with E-state index in [0.29, 0.717) is 19.4 Å². The summed E-state index contributed by atoms with van der Waals surface area (Å²) < 4.78 is 41.9. The van der Waals surface area contributed by atoms with Crippen LogP contribution < -0.4 is 21.7 Å². The van der Waals surface area contributed by atoms with E-state index in [9.17, 15) is 32.5 Å². The van der Waals surface area contributed by atoms with Gasteiger partial charge in [-0.2, -0.15) is 8.78 Å². The number of allylic oxidation sites excluding steroid dienone is 2. The highest BCUT2D eigenvalue weighted by Crippen LogP contribution is 2.37. The first-order chi connectivity index (χ1) is 15.8. The molecule has 0 aromatic rings. The van der Waals surface area contributed by atoms with Crippen LogP contribution >= 0.6 is 8.25 Å². The number of carbonyl (C=O) groups is 4. The predicted octanol–water partition coefficient (Wildman–Crippen LogP) is 0.919. The summed E-state index contributed by atoms with van der Waals surface area (Å²) in [5, 5.41) is 7.60. The molecule has 11 nitrogen and oxygen atoms in total. The maximum Gasteiger partial charge on any atom is 0.701 e. The molecule has 0 fully saturated rings. The normalized spacial score (nSPS) is 17.7. The van der Waals surface area contributed by atoms with E-state index in [1.807, 2.05) is 0 Å². The summed E-state index contributed by atoms with van der Waals surface area (Å²) in [6.07, 6.45) is 0.955. The van der Waals surface area contributed by atoms with Crippen LogP contribution in [-0.4, -0.2) is 53.3 Å². The molecule has 0 aromatic carbocycles. The molecule has 0 radical (unpaired) electrons. The van der Waals surface area contributed by atoms with E-state index >= 15 is 0 Å². The van der Waals surface area contributed by atoms with Crippen molar-refractivity contribution in [1.82, 2.24) is 16.0 Å². The van der Waals surface area contributed by atoms with E-state index in [2.05, 4.69) is 20.5 Å². The number of carbonyl (C=O) groups excluding carboxylic acids is 4. The molecule has 6 N–H and O–H groups in total. The number of nitrogens with two attached hydrogens (primary N) is 1. The molecule has 1 aliphatic rings. The standard InChI is InChI=1S/C20H29F2N4O7P/c1-12(27)24-10-4-3-5-16(18(23)29)26-19(30)17(25-13(2)28)11-14-6-8-15(9-7-14)20(21,22)33-34(31)32/h6,8-9,14,16-17H,3-5,7,10-11H2,1-2H3,(H5-,23,24,25,26,27,28,29,30,31,32)/p+1/t14-,16?,17?/m1/s1. The van der Waals surface area contributed by atoms with Crippen LogP contribution in [0.15, 0.2) is 23.8 Å². The third kappa shape index (κ3) is 10.9. The Morgan fingerprint density at radius 1 is 1.21 bits per heavy atom. The summed E-state index contributed by atoms with van der Waals surface area (Å²) >= 11 is 0. The summed E-state index contributed by atoms with van der Waals surface area (Å²) in [6, 6.07) is -2.06. The van der Waals surface area contributed by atoms with Crippen molar-refractivity contribution in [3.63, 3.8) is 0 Å². The molecule has 4 amide bonds. The molecule has 0 saturated heterocycles. The van der Waals surface area contributed by atoms with Crippen LogP contribution in [0.4, 0.5) is 8.78 Å². The zero-order valence-corrected chi connectivity index (χ0v) is 19.8. The number of halogens is 2. The lowest BCUT2D eigenvalue weighted by Gasteiger charge is -2.25. The molecule has 190 valence electrons. The van der Waals surface area contributed by atoms with Crippen LogP contribution in [0.1, 0.15) is 46.0 Å². The van der Waals surface area contributed by atoms with Crippen molar-refractivity contribution in [2.75, 3.05) is 6.54 Å². The minimum Gasteiger partial charge on any atom is -0.368 e. The van der Waals surface area contributed by atoms with Crippen LogP contribution in [0.5, 0.6) is 0 Å². The van der Waals surface area contributed by atoms with Crippen molar-refractivity contribution in [2.24, 2.45) is 11.7 Å². The molecule has 0 aromatic heterocycles. The number of alkyl halides is 2. The molecule has 3 unspecified atom stereocenters. The monoisotopic (exact) mass is 507 g/mol. The van der Waals surface area contributed by atoms with Crippen LogP contribution in [-0.2, 0) is 28.3 Å². The van der Waals surface area contributed by atoms with Gasteiger partial charge in [-0.15, -0.1) is 4.89 Å². The molecule has 34 heavy (non-hydrogen) atoms. The van der Waals surface area contributed by atoms with Gasteiger partial charge < -0.3 is 21.7 Å². The number of amides is 4. The molecule has 0 bridgehead atoms. The molecule has 1 rings (SSSR count). The fourth-order valence-corrected chi connectivity index (χ4v) is 3.58. The van der Waals surface area contributed by atoms with Crippen molar-refractivity contribution in [3.05, 3.63) is 23.8 Å². The summed E-state index contributed by atoms with van der Waals surface area (Å²) in [4.78, 5) is 55.6. The number of rotatable bonds is 14. The van der Waals surface area contributed by atoms with Crippen molar-refractivity contribution in [2.45, 2.75) is 64.1 Å². The van der Waals surface area contributed by atoms with Crippen molar-refractivity contribution < 1.29 is 41.9 Å². The van der Waals surface area contributed by atoms with Crippen LogP contribution in [0.3, 0.4) is 0 Å². The smallest absolute Gasteiger partial charge is 0.368 e. The number of hydrogen-bond donors (Lipinski definition) is 5. The topological polar surface area (TPSA) is 177 Å². The highest BCUT2D eigenvalue weighted by atomic mass is 31.1. The molecular formula is C20H30F2N4O7P+. The van der Waals surface area contributed by atoms with Gasteiger partial charge in [-0.3, -0.25) is 19.2 Å². The molecule has 0 aliphatic heterocycles. The highest BCUT2D eigenvalue weighted by molar-refractivity contribution is 7.32. The Morgan fingerprint density at radius 3 is 2.38 bits per heavy atom. The van der Waals surface area contributed by atoms with Crippen molar-refractivity contribution in [1.29, 1.82) is 0 Å². The van der Waals surface area contributed by atoms with E-state index in [0.717, 1.165) is 12.2 Å². The zero-order chi connectivity index (χ0) is 25.9. The highest BCUT2D eigenvalue weighted by Gasteiger charge is 2.44. The quantitative estimate of drug-likeness (QED) is 0.171. The van der Waals surface area contributed by atoms with Crippen molar-refractivity contribution in [3.8, 4) is 0 Å². The molecule has 4 atom stereocenters. The van der Waals surface area contributed by atoms with Gasteiger partial charge in [0.2, 0.25) is 23.6 Å². The van der Waals surface area contributed by atoms with E-state index in [1.165, 1.54) is 19.9 Å². The maximum absolute atomic E-state index is 13.8. The predicted molar refractivity (Wildman–Crippen MR) is 117 cm³/mol. The largest absolute Gasteiger partial charge is 0.701 e. The summed E-state index contributed by atoms with van der Waals surface area (Å²) in [5.74, 6) is -2.53. The Kier molecular flexibility index (Phi) is 11.9. The van der Waals surface area contributed by atoms with Gasteiger partial charge in [-0.25, -0.2) is 0 Å². The molecule has 14 heteroatoms. The Balaban J connectivity index is 2.74. The first-order valence-electron chi connectivity index (χ1n) is 10.5. The lowest BCUT2D eigenvalue weighted by Crippen LogP contribution is -2.53. The van der Waals surface area contributed by atoms with Crippen LogP contribution in [0.2, 0.25) is 0 Å². The minimum absolute atomic E-state index is 0.0421. The second-order valence-electron chi connectivity index (χ2n) is 7.79. The van der Waals surface area contributed by atoms with Gasteiger partial charge in [-0.1, -0.05) is 18.2 Å². The molecule has 0 heterocycles. The molecule has 0 spiro atoms. The van der Waals surface area contributed by atoms with Crippen molar-refractivity contribution >= 4 is 31.9 Å². The zero-order valence-electron chi connectivity index (χ0n) is 18.9. The summed E-state index contributed by atoms with van der Waals surface area (Å²) in [6.45, 7) is 2.99. The number of unbranched alkanes of at least 4 members (excludes halogenated alkanes) is 1. The average molecular weight is 507 g/mol. The molecule has 1 aliphatic carbocycles. The Hall–Kier alpha value is -2.76. The van der Waals surface area contributed by atoms with E-state index in [-0.39, 0.29) is 25.2 Å². The number of primary amides is 1. The average Bonchev–Trinajstić information content (AvgIpc) is 2.70. The Labute approximate surface area is 196 Å².